The number of benzene rings is 1. The van der Waals surface area contributed by atoms with E-state index in [9.17, 15) is 4.79 Å². The number of phenolic OH excluding ortho intramolecular Hbond substituents is 1. The van der Waals surface area contributed by atoms with E-state index < -0.39 is 0 Å². The lowest BCUT2D eigenvalue weighted by Gasteiger charge is -1.98. The average Bonchev–Trinajstić information content (AvgIpc) is 2.04. The third kappa shape index (κ3) is 2.36. The molecule has 64 valence electrons. The minimum atomic E-state index is -0.0272. The van der Waals surface area contributed by atoms with Gasteiger partial charge in [0.15, 0.2) is 5.78 Å². The summed E-state index contributed by atoms with van der Waals surface area (Å²) in [6.07, 6.45) is 0.297. The first-order valence-electron chi connectivity index (χ1n) is 3.72. The normalized spacial score (nSPS) is 9.75. The molecule has 3 N–H and O–H groups in total. The van der Waals surface area contributed by atoms with Crippen LogP contribution in [-0.4, -0.2) is 17.4 Å². The summed E-state index contributed by atoms with van der Waals surface area (Å²) < 4.78 is 0. The first-order valence-corrected chi connectivity index (χ1v) is 3.72. The predicted octanol–water partition coefficient (Wildman–Crippen LogP) is 0.462. The molecule has 0 radical (unpaired) electrons. The van der Waals surface area contributed by atoms with Crippen molar-refractivity contribution in [1.29, 1.82) is 0 Å². The van der Waals surface area contributed by atoms with E-state index in [1.54, 1.807) is 24.3 Å². The molecular weight excluding hydrogens is 154 g/mol. The van der Waals surface area contributed by atoms with Gasteiger partial charge in [0.2, 0.25) is 0 Å². The second kappa shape index (κ2) is 3.88. The molecule has 0 spiro atoms. The van der Waals surface area contributed by atoms with Gasteiger partial charge in [0.05, 0.1) is 6.54 Å². The van der Waals surface area contributed by atoms with Crippen LogP contribution in [0.15, 0.2) is 24.3 Å². The SMILES string of the molecule is NCC(=O)Cc1cccc(O)c1. The number of carbonyl (C=O) groups excluding carboxylic acids is 1. The summed E-state index contributed by atoms with van der Waals surface area (Å²) in [7, 11) is 0. The van der Waals surface area contributed by atoms with Gasteiger partial charge < -0.3 is 10.8 Å². The van der Waals surface area contributed by atoms with Gasteiger partial charge in [-0.15, -0.1) is 0 Å². The molecule has 1 aromatic carbocycles. The molecule has 0 aliphatic heterocycles. The van der Waals surface area contributed by atoms with Crippen LogP contribution < -0.4 is 5.73 Å². The van der Waals surface area contributed by atoms with Crippen molar-refractivity contribution in [3.8, 4) is 5.75 Å². The van der Waals surface area contributed by atoms with Gasteiger partial charge in [0, 0.05) is 6.42 Å². The first-order chi connectivity index (χ1) is 5.72. The number of hydrogen-bond acceptors (Lipinski definition) is 3. The van der Waals surface area contributed by atoms with Gasteiger partial charge in [0.25, 0.3) is 0 Å². The maximum absolute atomic E-state index is 10.9. The molecule has 0 aliphatic rings. The number of hydrogen-bond donors (Lipinski definition) is 2. The van der Waals surface area contributed by atoms with Crippen molar-refractivity contribution < 1.29 is 9.90 Å². The molecule has 0 bridgehead atoms. The zero-order valence-electron chi connectivity index (χ0n) is 6.66. The zero-order valence-corrected chi connectivity index (χ0v) is 6.66. The topological polar surface area (TPSA) is 63.3 Å². The monoisotopic (exact) mass is 165 g/mol. The molecule has 3 nitrogen and oxygen atoms in total. The van der Waals surface area contributed by atoms with Crippen LogP contribution in [0.5, 0.6) is 5.75 Å². The highest BCUT2D eigenvalue weighted by Gasteiger charge is 2.00. The summed E-state index contributed by atoms with van der Waals surface area (Å²) in [6.45, 7) is 0.0512. The minimum Gasteiger partial charge on any atom is -0.508 e. The van der Waals surface area contributed by atoms with Crippen molar-refractivity contribution in [2.24, 2.45) is 5.73 Å². The fourth-order valence-corrected chi connectivity index (χ4v) is 0.966. The van der Waals surface area contributed by atoms with E-state index in [1.165, 1.54) is 0 Å². The Bertz CT molecular complexity index is 284. The summed E-state index contributed by atoms with van der Waals surface area (Å²) >= 11 is 0. The van der Waals surface area contributed by atoms with E-state index in [4.69, 9.17) is 10.8 Å². The fourth-order valence-electron chi connectivity index (χ4n) is 0.966. The van der Waals surface area contributed by atoms with Gasteiger partial charge in [-0.25, -0.2) is 0 Å². The van der Waals surface area contributed by atoms with Gasteiger partial charge >= 0.3 is 0 Å². The maximum Gasteiger partial charge on any atom is 0.150 e. The summed E-state index contributed by atoms with van der Waals surface area (Å²) in [6, 6.07) is 6.62. The van der Waals surface area contributed by atoms with Gasteiger partial charge in [0.1, 0.15) is 5.75 Å². The molecule has 0 saturated carbocycles. The van der Waals surface area contributed by atoms with Crippen LogP contribution >= 0.6 is 0 Å². The van der Waals surface area contributed by atoms with Crippen molar-refractivity contribution in [3.05, 3.63) is 29.8 Å². The molecule has 0 atom stereocenters. The first kappa shape index (κ1) is 8.74. The fraction of sp³-hybridized carbons (Fsp3) is 0.222. The zero-order chi connectivity index (χ0) is 8.97. The highest BCUT2D eigenvalue weighted by molar-refractivity contribution is 5.82. The smallest absolute Gasteiger partial charge is 0.150 e. The molecule has 3 heteroatoms. The molecular formula is C9H11NO2. The lowest BCUT2D eigenvalue weighted by molar-refractivity contribution is -0.117. The van der Waals surface area contributed by atoms with Crippen molar-refractivity contribution in [1.82, 2.24) is 0 Å². The molecule has 0 unspecified atom stereocenters. The number of nitrogens with two attached hydrogens (primary N) is 1. The standard InChI is InChI=1S/C9H11NO2/c10-6-9(12)5-7-2-1-3-8(11)4-7/h1-4,11H,5-6,10H2. The Hall–Kier alpha value is -1.35. The Labute approximate surface area is 70.8 Å². The van der Waals surface area contributed by atoms with E-state index in [0.717, 1.165) is 5.56 Å². The molecule has 0 aromatic heterocycles. The van der Waals surface area contributed by atoms with E-state index in [0.29, 0.717) is 6.42 Å². The Morgan fingerprint density at radius 1 is 1.50 bits per heavy atom. The lowest BCUT2D eigenvalue weighted by atomic mass is 10.1. The predicted molar refractivity (Wildman–Crippen MR) is 45.9 cm³/mol. The minimum absolute atomic E-state index is 0.0272. The van der Waals surface area contributed by atoms with Gasteiger partial charge in [-0.3, -0.25) is 4.79 Å². The largest absolute Gasteiger partial charge is 0.508 e. The third-order valence-electron chi connectivity index (χ3n) is 1.54. The Morgan fingerprint density at radius 2 is 2.25 bits per heavy atom. The molecule has 0 fully saturated rings. The maximum atomic E-state index is 10.9. The Balaban J connectivity index is 2.69. The van der Waals surface area contributed by atoms with E-state index in [-0.39, 0.29) is 18.1 Å². The van der Waals surface area contributed by atoms with Crippen LogP contribution in [-0.2, 0) is 11.2 Å². The van der Waals surface area contributed by atoms with Crippen LogP contribution in [0.25, 0.3) is 0 Å². The number of aromatic hydroxyl groups is 1. The van der Waals surface area contributed by atoms with E-state index in [2.05, 4.69) is 0 Å². The Morgan fingerprint density at radius 3 is 2.83 bits per heavy atom. The summed E-state index contributed by atoms with van der Waals surface area (Å²) in [5.41, 5.74) is 5.94. The summed E-state index contributed by atoms with van der Waals surface area (Å²) in [5.74, 6) is 0.151. The highest BCUT2D eigenvalue weighted by atomic mass is 16.3. The van der Waals surface area contributed by atoms with Crippen LogP contribution in [0.3, 0.4) is 0 Å². The highest BCUT2D eigenvalue weighted by Crippen LogP contribution is 2.11. The van der Waals surface area contributed by atoms with Crippen molar-refractivity contribution in [2.75, 3.05) is 6.54 Å². The number of carbonyl (C=O) groups is 1. The van der Waals surface area contributed by atoms with Crippen molar-refractivity contribution in [2.45, 2.75) is 6.42 Å². The number of rotatable bonds is 3. The van der Waals surface area contributed by atoms with E-state index >= 15 is 0 Å². The van der Waals surface area contributed by atoms with Gasteiger partial charge in [-0.05, 0) is 17.7 Å². The number of Topliss-reactive ketones (excluding diaryl/α,β-unsaturated/α-hetero) is 1. The van der Waals surface area contributed by atoms with Gasteiger partial charge in [-0.2, -0.15) is 0 Å². The van der Waals surface area contributed by atoms with Gasteiger partial charge in [-0.1, -0.05) is 12.1 Å². The number of phenols is 1. The molecule has 12 heavy (non-hydrogen) atoms. The summed E-state index contributed by atoms with van der Waals surface area (Å²) in [4.78, 5) is 10.9. The van der Waals surface area contributed by atoms with Crippen molar-refractivity contribution in [3.63, 3.8) is 0 Å². The molecule has 0 heterocycles. The number of ketones is 1. The average molecular weight is 165 g/mol. The second-order valence-electron chi connectivity index (χ2n) is 2.59. The summed E-state index contributed by atoms with van der Waals surface area (Å²) in [5, 5.41) is 9.06. The molecule has 1 aromatic rings. The van der Waals surface area contributed by atoms with Crippen molar-refractivity contribution >= 4 is 5.78 Å². The molecule has 1 rings (SSSR count). The second-order valence-corrected chi connectivity index (χ2v) is 2.59. The van der Waals surface area contributed by atoms with Crippen LogP contribution in [0.1, 0.15) is 5.56 Å². The van der Waals surface area contributed by atoms with E-state index in [1.807, 2.05) is 0 Å². The molecule has 0 amide bonds. The quantitative estimate of drug-likeness (QED) is 0.684. The van der Waals surface area contributed by atoms with Crippen LogP contribution in [0.4, 0.5) is 0 Å². The van der Waals surface area contributed by atoms with Crippen LogP contribution in [0.2, 0.25) is 0 Å². The molecule has 0 saturated heterocycles. The van der Waals surface area contributed by atoms with Crippen LogP contribution in [0, 0.1) is 0 Å². The lowest BCUT2D eigenvalue weighted by Crippen LogP contribution is -2.15. The Kier molecular flexibility index (Phi) is 2.82. The third-order valence-corrected chi connectivity index (χ3v) is 1.54. The molecule has 0 aliphatic carbocycles.